The zero-order chi connectivity index (χ0) is 9.10. The van der Waals surface area contributed by atoms with Crippen LogP contribution in [-0.2, 0) is 6.42 Å². The first-order chi connectivity index (χ1) is 6.34. The van der Waals surface area contributed by atoms with Gasteiger partial charge in [0.15, 0.2) is 0 Å². The van der Waals surface area contributed by atoms with Crippen LogP contribution < -0.4 is 0 Å². The van der Waals surface area contributed by atoms with Gasteiger partial charge in [0.25, 0.3) is 0 Å². The fourth-order valence-corrected chi connectivity index (χ4v) is 1.42. The number of hydrogen-bond donors (Lipinski definition) is 0. The molecule has 13 heavy (non-hydrogen) atoms. The highest BCUT2D eigenvalue weighted by Crippen LogP contribution is 2.11. The molecule has 0 radical (unpaired) electrons. The van der Waals surface area contributed by atoms with Gasteiger partial charge in [-0.3, -0.25) is 0 Å². The van der Waals surface area contributed by atoms with Gasteiger partial charge in [0, 0.05) is 4.47 Å². The molecule has 4 heteroatoms. The Labute approximate surface area is 83.9 Å². The molecule has 0 spiro atoms. The third-order valence-corrected chi connectivity index (χ3v) is 2.04. The number of halogens is 1. The average molecular weight is 239 g/mol. The minimum atomic E-state index is 0.680. The molecule has 0 aliphatic rings. The van der Waals surface area contributed by atoms with Gasteiger partial charge in [-0.15, -0.1) is 0 Å². The molecular weight excluding hydrogens is 232 g/mol. The Morgan fingerprint density at radius 1 is 1.46 bits per heavy atom. The van der Waals surface area contributed by atoms with Gasteiger partial charge in [-0.1, -0.05) is 0 Å². The smallest absolute Gasteiger partial charge is 0.109 e. The molecule has 0 saturated carbocycles. The molecule has 0 saturated heterocycles. The second kappa shape index (κ2) is 3.70. The minimum Gasteiger partial charge on any atom is -0.469 e. The van der Waals surface area contributed by atoms with E-state index in [0.29, 0.717) is 6.42 Å². The van der Waals surface area contributed by atoms with Crippen molar-refractivity contribution in [3.63, 3.8) is 0 Å². The maximum Gasteiger partial charge on any atom is 0.109 e. The maximum absolute atomic E-state index is 5.19. The topological polar surface area (TPSA) is 38.9 Å². The molecule has 2 rings (SSSR count). The first-order valence-corrected chi connectivity index (χ1v) is 4.63. The quantitative estimate of drug-likeness (QED) is 0.807. The van der Waals surface area contributed by atoms with Crippen LogP contribution >= 0.6 is 15.9 Å². The summed E-state index contributed by atoms with van der Waals surface area (Å²) in [6, 6.07) is 5.71. The Morgan fingerprint density at radius 3 is 3.08 bits per heavy atom. The molecule has 2 heterocycles. The van der Waals surface area contributed by atoms with Gasteiger partial charge < -0.3 is 4.42 Å². The predicted molar refractivity (Wildman–Crippen MR) is 51.2 cm³/mol. The van der Waals surface area contributed by atoms with E-state index in [1.165, 1.54) is 0 Å². The van der Waals surface area contributed by atoms with Crippen molar-refractivity contribution in [2.45, 2.75) is 6.42 Å². The number of rotatable bonds is 2. The largest absolute Gasteiger partial charge is 0.469 e. The molecular formula is C9H7BrN2O. The number of furan rings is 1. The highest BCUT2D eigenvalue weighted by Gasteiger charge is 2.00. The number of hydrogen-bond acceptors (Lipinski definition) is 3. The first-order valence-electron chi connectivity index (χ1n) is 3.84. The Kier molecular flexibility index (Phi) is 2.40. The zero-order valence-corrected chi connectivity index (χ0v) is 8.36. The van der Waals surface area contributed by atoms with Crippen LogP contribution in [0.5, 0.6) is 0 Å². The highest BCUT2D eigenvalue weighted by atomic mass is 79.9. The number of nitrogens with zero attached hydrogens (tertiary/aromatic N) is 2. The van der Waals surface area contributed by atoms with Gasteiger partial charge in [0.1, 0.15) is 5.76 Å². The van der Waals surface area contributed by atoms with Gasteiger partial charge in [0.2, 0.25) is 0 Å². The fourth-order valence-electron chi connectivity index (χ4n) is 1.06. The monoisotopic (exact) mass is 238 g/mol. The van der Waals surface area contributed by atoms with Crippen LogP contribution in [0, 0.1) is 0 Å². The lowest BCUT2D eigenvalue weighted by Crippen LogP contribution is -1.92. The normalized spacial score (nSPS) is 10.2. The van der Waals surface area contributed by atoms with Crippen molar-refractivity contribution in [1.29, 1.82) is 0 Å². The molecule has 0 N–H and O–H groups in total. The molecule has 66 valence electrons. The Hall–Kier alpha value is -1.16. The van der Waals surface area contributed by atoms with E-state index in [9.17, 15) is 0 Å². The lowest BCUT2D eigenvalue weighted by atomic mass is 10.2. The van der Waals surface area contributed by atoms with E-state index in [0.717, 1.165) is 15.9 Å². The summed E-state index contributed by atoms with van der Waals surface area (Å²) in [4.78, 5) is 0. The molecule has 3 nitrogen and oxygen atoms in total. The summed E-state index contributed by atoms with van der Waals surface area (Å²) in [5, 5.41) is 7.80. The second-order valence-electron chi connectivity index (χ2n) is 2.62. The van der Waals surface area contributed by atoms with E-state index in [2.05, 4.69) is 26.1 Å². The van der Waals surface area contributed by atoms with Crippen LogP contribution in [0.4, 0.5) is 0 Å². The summed E-state index contributed by atoms with van der Waals surface area (Å²) in [5.41, 5.74) is 0.893. The molecule has 2 aromatic rings. The maximum atomic E-state index is 5.19. The molecule has 0 aromatic carbocycles. The Balaban J connectivity index is 2.19. The van der Waals surface area contributed by atoms with Crippen molar-refractivity contribution in [3.8, 4) is 0 Å². The molecule has 0 aliphatic heterocycles. The van der Waals surface area contributed by atoms with Crippen LogP contribution in [-0.4, -0.2) is 10.2 Å². The van der Waals surface area contributed by atoms with Crippen molar-refractivity contribution in [1.82, 2.24) is 10.2 Å². The van der Waals surface area contributed by atoms with Crippen molar-refractivity contribution in [2.24, 2.45) is 0 Å². The molecule has 0 bridgehead atoms. The van der Waals surface area contributed by atoms with E-state index >= 15 is 0 Å². The van der Waals surface area contributed by atoms with Gasteiger partial charge in [-0.05, 0) is 34.1 Å². The molecule has 2 aromatic heterocycles. The van der Waals surface area contributed by atoms with Crippen molar-refractivity contribution in [2.75, 3.05) is 0 Å². The second-order valence-corrected chi connectivity index (χ2v) is 3.54. The van der Waals surface area contributed by atoms with Gasteiger partial charge in [0.05, 0.1) is 24.6 Å². The predicted octanol–water partition coefficient (Wildman–Crippen LogP) is 2.42. The molecule has 0 fully saturated rings. The third kappa shape index (κ3) is 2.15. The number of aromatic nitrogens is 2. The van der Waals surface area contributed by atoms with Crippen LogP contribution in [0.15, 0.2) is 39.5 Å². The molecule has 0 aliphatic carbocycles. The van der Waals surface area contributed by atoms with Crippen LogP contribution in [0.1, 0.15) is 11.5 Å². The molecule has 0 unspecified atom stereocenters. The molecule has 0 amide bonds. The Bertz CT molecular complexity index is 386. The van der Waals surface area contributed by atoms with Gasteiger partial charge in [-0.25, -0.2) is 0 Å². The van der Waals surface area contributed by atoms with E-state index < -0.39 is 0 Å². The third-order valence-electron chi connectivity index (χ3n) is 1.61. The van der Waals surface area contributed by atoms with Gasteiger partial charge >= 0.3 is 0 Å². The summed E-state index contributed by atoms with van der Waals surface area (Å²) in [6.07, 6.45) is 3.99. The van der Waals surface area contributed by atoms with Crippen LogP contribution in [0.2, 0.25) is 0 Å². The van der Waals surface area contributed by atoms with E-state index in [4.69, 9.17) is 4.42 Å². The lowest BCUT2D eigenvalue weighted by Gasteiger charge is -1.95. The van der Waals surface area contributed by atoms with Crippen LogP contribution in [0.25, 0.3) is 0 Å². The van der Waals surface area contributed by atoms with E-state index in [1.54, 1.807) is 12.5 Å². The highest BCUT2D eigenvalue weighted by molar-refractivity contribution is 9.10. The van der Waals surface area contributed by atoms with Crippen LogP contribution in [0.3, 0.4) is 0 Å². The average Bonchev–Trinajstić information content (AvgIpc) is 2.57. The lowest BCUT2D eigenvalue weighted by molar-refractivity contribution is 0.518. The summed E-state index contributed by atoms with van der Waals surface area (Å²) in [6.45, 7) is 0. The SMILES string of the molecule is Brc1cnnc(Cc2ccco2)c1. The van der Waals surface area contributed by atoms with E-state index in [-0.39, 0.29) is 0 Å². The summed E-state index contributed by atoms with van der Waals surface area (Å²) < 4.78 is 6.13. The molecule has 0 atom stereocenters. The van der Waals surface area contributed by atoms with E-state index in [1.807, 2.05) is 18.2 Å². The van der Waals surface area contributed by atoms with Gasteiger partial charge in [-0.2, -0.15) is 10.2 Å². The Morgan fingerprint density at radius 2 is 2.38 bits per heavy atom. The minimum absolute atomic E-state index is 0.680. The summed E-state index contributed by atoms with van der Waals surface area (Å²) in [7, 11) is 0. The van der Waals surface area contributed by atoms with Crippen molar-refractivity contribution >= 4 is 15.9 Å². The fraction of sp³-hybridized carbons (Fsp3) is 0.111. The summed E-state index contributed by atoms with van der Waals surface area (Å²) >= 11 is 3.33. The standard InChI is InChI=1S/C9H7BrN2O/c10-7-4-8(12-11-6-7)5-9-2-1-3-13-9/h1-4,6H,5H2. The van der Waals surface area contributed by atoms with Crippen molar-refractivity contribution in [3.05, 3.63) is 46.6 Å². The summed E-state index contributed by atoms with van der Waals surface area (Å²) in [5.74, 6) is 0.896. The first kappa shape index (κ1) is 8.44. The zero-order valence-electron chi connectivity index (χ0n) is 6.77. The van der Waals surface area contributed by atoms with Crippen molar-refractivity contribution < 1.29 is 4.42 Å².